The number of rotatable bonds is 3. The zero-order chi connectivity index (χ0) is 14.9. The van der Waals surface area contributed by atoms with Gasteiger partial charge in [0.15, 0.2) is 0 Å². The van der Waals surface area contributed by atoms with Crippen LogP contribution >= 0.6 is 0 Å². The van der Waals surface area contributed by atoms with Crippen LogP contribution in [0.3, 0.4) is 0 Å². The molecule has 0 unspecified atom stereocenters. The molecule has 0 spiro atoms. The number of nitrogens with zero attached hydrogens (tertiary/aromatic N) is 1. The topological polar surface area (TPSA) is 46.6 Å². The molecule has 2 rings (SSSR count). The molecule has 0 aliphatic carbocycles. The normalized spacial score (nSPS) is 20.9. The van der Waals surface area contributed by atoms with E-state index in [2.05, 4.69) is 0 Å². The van der Waals surface area contributed by atoms with Gasteiger partial charge in [-0.05, 0) is 44.7 Å². The maximum Gasteiger partial charge on any atom is 0.243 e. The summed E-state index contributed by atoms with van der Waals surface area (Å²) in [7, 11) is -1.87. The Labute approximate surface area is 121 Å². The van der Waals surface area contributed by atoms with E-state index in [4.69, 9.17) is 4.74 Å². The molecule has 20 heavy (non-hydrogen) atoms. The summed E-state index contributed by atoms with van der Waals surface area (Å²) >= 11 is 0. The molecule has 5 heteroatoms. The lowest BCUT2D eigenvalue weighted by atomic mass is 10.1. The van der Waals surface area contributed by atoms with E-state index in [1.807, 2.05) is 26.8 Å². The number of aryl methyl sites for hydroxylation is 2. The molecule has 1 aliphatic rings. The van der Waals surface area contributed by atoms with Crippen LogP contribution in [0.5, 0.6) is 5.75 Å². The minimum Gasteiger partial charge on any atom is -0.496 e. The van der Waals surface area contributed by atoms with Crippen molar-refractivity contribution in [3.63, 3.8) is 0 Å². The molecule has 0 radical (unpaired) electrons. The highest BCUT2D eigenvalue weighted by atomic mass is 32.2. The van der Waals surface area contributed by atoms with E-state index in [-0.39, 0.29) is 6.04 Å². The molecule has 4 nitrogen and oxygen atoms in total. The Kier molecular flexibility index (Phi) is 4.39. The lowest BCUT2D eigenvalue weighted by Gasteiger charge is -2.32. The Morgan fingerprint density at radius 3 is 2.50 bits per heavy atom. The van der Waals surface area contributed by atoms with E-state index in [0.29, 0.717) is 17.2 Å². The highest BCUT2D eigenvalue weighted by Gasteiger charge is 2.32. The zero-order valence-corrected chi connectivity index (χ0v) is 13.5. The minimum atomic E-state index is -3.44. The van der Waals surface area contributed by atoms with Gasteiger partial charge in [-0.2, -0.15) is 4.31 Å². The van der Waals surface area contributed by atoms with Crippen LogP contribution in [0, 0.1) is 13.8 Å². The number of hydrogen-bond acceptors (Lipinski definition) is 3. The Balaban J connectivity index is 2.48. The predicted molar refractivity (Wildman–Crippen MR) is 79.7 cm³/mol. The molecular formula is C15H23NO3S. The fourth-order valence-electron chi connectivity index (χ4n) is 2.87. The lowest BCUT2D eigenvalue weighted by Crippen LogP contribution is -2.42. The van der Waals surface area contributed by atoms with Crippen molar-refractivity contribution in [1.29, 1.82) is 0 Å². The maximum atomic E-state index is 12.9. The SMILES string of the molecule is COc1cc(S(=O)(=O)N2CCCC[C@H]2C)c(C)cc1C. The number of sulfonamides is 1. The molecular weight excluding hydrogens is 274 g/mol. The Morgan fingerprint density at radius 1 is 1.20 bits per heavy atom. The molecule has 112 valence electrons. The smallest absolute Gasteiger partial charge is 0.243 e. The summed E-state index contributed by atoms with van der Waals surface area (Å²) in [6.07, 6.45) is 2.97. The van der Waals surface area contributed by atoms with Crippen LogP contribution in [-0.4, -0.2) is 32.4 Å². The second-order valence-electron chi connectivity index (χ2n) is 5.55. The quantitative estimate of drug-likeness (QED) is 0.862. The van der Waals surface area contributed by atoms with Gasteiger partial charge in [0.1, 0.15) is 5.75 Å². The average Bonchev–Trinajstić information content (AvgIpc) is 2.38. The van der Waals surface area contributed by atoms with Gasteiger partial charge < -0.3 is 4.74 Å². The molecule has 1 atom stereocenters. The number of hydrogen-bond donors (Lipinski definition) is 0. The summed E-state index contributed by atoms with van der Waals surface area (Å²) in [5.74, 6) is 0.624. The first kappa shape index (κ1) is 15.3. The van der Waals surface area contributed by atoms with E-state index in [9.17, 15) is 8.42 Å². The summed E-state index contributed by atoms with van der Waals surface area (Å²) in [5.41, 5.74) is 1.73. The maximum absolute atomic E-state index is 12.9. The standard InChI is InChI=1S/C15H23NO3S/c1-11-9-12(2)15(10-14(11)19-4)20(17,18)16-8-6-5-7-13(16)3/h9-10,13H,5-8H2,1-4H3/t13-/m1/s1. The van der Waals surface area contributed by atoms with Gasteiger partial charge in [0.25, 0.3) is 0 Å². The summed E-state index contributed by atoms with van der Waals surface area (Å²) < 4.78 is 32.6. The van der Waals surface area contributed by atoms with Crippen molar-refractivity contribution in [1.82, 2.24) is 4.31 Å². The monoisotopic (exact) mass is 297 g/mol. The van der Waals surface area contributed by atoms with Crippen LogP contribution in [-0.2, 0) is 10.0 Å². The molecule has 1 aromatic rings. The number of methoxy groups -OCH3 is 1. The summed E-state index contributed by atoms with van der Waals surface area (Å²) in [4.78, 5) is 0.369. The highest BCUT2D eigenvalue weighted by Crippen LogP contribution is 2.31. The highest BCUT2D eigenvalue weighted by molar-refractivity contribution is 7.89. The zero-order valence-electron chi connectivity index (χ0n) is 12.6. The van der Waals surface area contributed by atoms with E-state index in [1.165, 1.54) is 0 Å². The van der Waals surface area contributed by atoms with E-state index >= 15 is 0 Å². The van der Waals surface area contributed by atoms with E-state index in [0.717, 1.165) is 30.4 Å². The first-order valence-corrected chi connectivity index (χ1v) is 8.49. The first-order chi connectivity index (χ1) is 9.37. The van der Waals surface area contributed by atoms with Crippen molar-refractivity contribution in [2.75, 3.05) is 13.7 Å². The molecule has 1 aromatic carbocycles. The third-order valence-electron chi connectivity index (χ3n) is 4.02. The van der Waals surface area contributed by atoms with Crippen LogP contribution < -0.4 is 4.74 Å². The molecule has 0 bridgehead atoms. The van der Waals surface area contributed by atoms with Crippen molar-refractivity contribution < 1.29 is 13.2 Å². The van der Waals surface area contributed by atoms with E-state index < -0.39 is 10.0 Å². The fraction of sp³-hybridized carbons (Fsp3) is 0.600. The predicted octanol–water partition coefficient (Wildman–Crippen LogP) is 2.88. The molecule has 0 N–H and O–H groups in total. The largest absolute Gasteiger partial charge is 0.496 e. The Hall–Kier alpha value is -1.07. The van der Waals surface area contributed by atoms with Crippen molar-refractivity contribution in [3.8, 4) is 5.75 Å². The Bertz CT molecular complexity index is 595. The molecule has 1 aliphatic heterocycles. The van der Waals surface area contributed by atoms with Gasteiger partial charge in [-0.15, -0.1) is 0 Å². The Morgan fingerprint density at radius 2 is 1.90 bits per heavy atom. The van der Waals surface area contributed by atoms with Gasteiger partial charge in [-0.3, -0.25) is 0 Å². The van der Waals surface area contributed by atoms with Gasteiger partial charge in [0.05, 0.1) is 12.0 Å². The second kappa shape index (κ2) is 5.74. The van der Waals surface area contributed by atoms with E-state index in [1.54, 1.807) is 17.5 Å². The molecule has 0 aromatic heterocycles. The van der Waals surface area contributed by atoms with Crippen molar-refractivity contribution in [2.45, 2.75) is 51.0 Å². The van der Waals surface area contributed by atoms with Crippen LogP contribution in [0.1, 0.15) is 37.3 Å². The molecule has 1 saturated heterocycles. The van der Waals surface area contributed by atoms with Crippen LogP contribution in [0.2, 0.25) is 0 Å². The second-order valence-corrected chi connectivity index (χ2v) is 7.41. The third kappa shape index (κ3) is 2.69. The van der Waals surface area contributed by atoms with Gasteiger partial charge >= 0.3 is 0 Å². The summed E-state index contributed by atoms with van der Waals surface area (Å²) in [5, 5.41) is 0. The van der Waals surface area contributed by atoms with Gasteiger partial charge in [-0.25, -0.2) is 8.42 Å². The van der Waals surface area contributed by atoms with Gasteiger partial charge in [-0.1, -0.05) is 12.5 Å². The fourth-order valence-corrected chi connectivity index (χ4v) is 4.79. The number of benzene rings is 1. The summed E-state index contributed by atoms with van der Waals surface area (Å²) in [6, 6.07) is 3.60. The first-order valence-electron chi connectivity index (χ1n) is 7.05. The van der Waals surface area contributed by atoms with Gasteiger partial charge in [0.2, 0.25) is 10.0 Å². The van der Waals surface area contributed by atoms with Crippen LogP contribution in [0.4, 0.5) is 0 Å². The van der Waals surface area contributed by atoms with Crippen LogP contribution in [0.15, 0.2) is 17.0 Å². The third-order valence-corrected chi connectivity index (χ3v) is 6.18. The van der Waals surface area contributed by atoms with Crippen LogP contribution in [0.25, 0.3) is 0 Å². The minimum absolute atomic E-state index is 0.0699. The average molecular weight is 297 g/mol. The molecule has 0 amide bonds. The molecule has 1 fully saturated rings. The van der Waals surface area contributed by atoms with Gasteiger partial charge in [0, 0.05) is 18.7 Å². The number of ether oxygens (including phenoxy) is 1. The molecule has 1 heterocycles. The van der Waals surface area contributed by atoms with Crippen molar-refractivity contribution >= 4 is 10.0 Å². The van der Waals surface area contributed by atoms with Crippen molar-refractivity contribution in [3.05, 3.63) is 23.3 Å². The summed E-state index contributed by atoms with van der Waals surface area (Å²) in [6.45, 7) is 6.36. The lowest BCUT2D eigenvalue weighted by molar-refractivity contribution is 0.268. The number of piperidine rings is 1. The molecule has 0 saturated carbocycles. The van der Waals surface area contributed by atoms with Crippen molar-refractivity contribution in [2.24, 2.45) is 0 Å².